The molecule has 4 nitrogen and oxygen atoms in total. The van der Waals surface area contributed by atoms with Crippen molar-refractivity contribution in [2.24, 2.45) is 0 Å². The topological polar surface area (TPSA) is 45.2 Å². The molecule has 0 atom stereocenters. The van der Waals surface area contributed by atoms with Gasteiger partial charge in [0.1, 0.15) is 0 Å². The molecule has 0 radical (unpaired) electrons. The van der Waals surface area contributed by atoms with Gasteiger partial charge >= 0.3 is 0 Å². The van der Waals surface area contributed by atoms with E-state index in [1.807, 2.05) is 11.0 Å². The second-order valence-corrected chi connectivity index (χ2v) is 6.62. The van der Waals surface area contributed by atoms with E-state index in [9.17, 15) is 4.79 Å². The maximum Gasteiger partial charge on any atom is 0.255 e. The molecular formula is C19H17N3OS. The van der Waals surface area contributed by atoms with Gasteiger partial charge in [0, 0.05) is 42.2 Å². The Hall–Kier alpha value is -2.66. The fourth-order valence-electron chi connectivity index (χ4n) is 2.98. The molecule has 0 aliphatic carbocycles. The van der Waals surface area contributed by atoms with Gasteiger partial charge in [-0.3, -0.25) is 9.78 Å². The van der Waals surface area contributed by atoms with Crippen molar-refractivity contribution in [3.05, 3.63) is 76.2 Å². The highest BCUT2D eigenvalue weighted by atomic mass is 32.1. The number of thiophene rings is 1. The third-order valence-corrected chi connectivity index (χ3v) is 4.91. The molecule has 0 saturated heterocycles. The molecule has 3 aromatic rings. The Morgan fingerprint density at radius 1 is 1.17 bits per heavy atom. The van der Waals surface area contributed by atoms with Gasteiger partial charge in [0.2, 0.25) is 0 Å². The Morgan fingerprint density at radius 3 is 2.92 bits per heavy atom. The summed E-state index contributed by atoms with van der Waals surface area (Å²) in [6, 6.07) is 12.1. The van der Waals surface area contributed by atoms with Crippen LogP contribution in [0.4, 0.5) is 11.4 Å². The van der Waals surface area contributed by atoms with Crippen LogP contribution in [-0.4, -0.2) is 22.3 Å². The zero-order valence-electron chi connectivity index (χ0n) is 13.1. The Bertz CT molecular complexity index is 846. The van der Waals surface area contributed by atoms with Gasteiger partial charge in [0.05, 0.1) is 5.56 Å². The summed E-state index contributed by atoms with van der Waals surface area (Å²) in [6.45, 7) is 1.39. The third kappa shape index (κ3) is 3.03. The van der Waals surface area contributed by atoms with Crippen LogP contribution in [0.25, 0.3) is 0 Å². The number of carbonyl (C=O) groups is 1. The second-order valence-electron chi connectivity index (χ2n) is 5.84. The molecular weight excluding hydrogens is 318 g/mol. The molecule has 24 heavy (non-hydrogen) atoms. The lowest BCUT2D eigenvalue weighted by Crippen LogP contribution is -2.36. The van der Waals surface area contributed by atoms with E-state index < -0.39 is 0 Å². The normalized spacial score (nSPS) is 13.4. The number of benzene rings is 1. The molecule has 4 rings (SSSR count). The molecule has 0 bridgehead atoms. The van der Waals surface area contributed by atoms with Gasteiger partial charge in [-0.2, -0.15) is 11.3 Å². The lowest BCUT2D eigenvalue weighted by Gasteiger charge is -2.29. The number of pyridine rings is 1. The molecule has 2 aromatic heterocycles. The minimum Gasteiger partial charge on any atom is -0.355 e. The zero-order chi connectivity index (χ0) is 16.4. The number of amides is 1. The number of aromatic nitrogens is 1. The molecule has 120 valence electrons. The van der Waals surface area contributed by atoms with Crippen LogP contribution in [0.2, 0.25) is 0 Å². The van der Waals surface area contributed by atoms with Crippen LogP contribution in [0.15, 0.2) is 59.6 Å². The van der Waals surface area contributed by atoms with E-state index in [-0.39, 0.29) is 5.91 Å². The maximum atomic E-state index is 12.6. The highest BCUT2D eigenvalue weighted by molar-refractivity contribution is 7.08. The average Bonchev–Trinajstić information content (AvgIpc) is 3.14. The van der Waals surface area contributed by atoms with E-state index in [2.05, 4.69) is 45.3 Å². The first-order valence-corrected chi connectivity index (χ1v) is 8.84. The fourth-order valence-corrected chi connectivity index (χ4v) is 3.57. The quantitative estimate of drug-likeness (QED) is 0.784. The van der Waals surface area contributed by atoms with E-state index in [0.717, 1.165) is 24.3 Å². The molecule has 1 amide bonds. The number of nitrogens with one attached hydrogen (secondary N) is 1. The van der Waals surface area contributed by atoms with Gasteiger partial charge < -0.3 is 10.2 Å². The number of anilines is 2. The smallest absolute Gasteiger partial charge is 0.255 e. The van der Waals surface area contributed by atoms with Crippen LogP contribution in [0.3, 0.4) is 0 Å². The van der Waals surface area contributed by atoms with Crippen molar-refractivity contribution < 1.29 is 4.79 Å². The van der Waals surface area contributed by atoms with Crippen molar-refractivity contribution >= 4 is 28.6 Å². The predicted molar refractivity (Wildman–Crippen MR) is 96.7 cm³/mol. The number of carbonyl (C=O) groups excluding carboxylic acids is 1. The summed E-state index contributed by atoms with van der Waals surface area (Å²) in [5.74, 6) is 0.0502. The van der Waals surface area contributed by atoms with Gasteiger partial charge in [0.15, 0.2) is 0 Å². The largest absolute Gasteiger partial charge is 0.355 e. The highest BCUT2D eigenvalue weighted by Crippen LogP contribution is 2.26. The van der Waals surface area contributed by atoms with Gasteiger partial charge in [-0.05, 0) is 53.3 Å². The SMILES string of the molecule is O=C(c1cccnc1)N1CCc2cc(Nc3ccsc3)ccc2C1. The summed E-state index contributed by atoms with van der Waals surface area (Å²) in [4.78, 5) is 18.5. The van der Waals surface area contributed by atoms with Crippen LogP contribution < -0.4 is 5.32 Å². The van der Waals surface area contributed by atoms with Crippen molar-refractivity contribution in [1.82, 2.24) is 9.88 Å². The number of hydrogen-bond acceptors (Lipinski definition) is 4. The summed E-state index contributed by atoms with van der Waals surface area (Å²) in [5, 5.41) is 7.56. The average molecular weight is 335 g/mol. The molecule has 0 spiro atoms. The monoisotopic (exact) mass is 335 g/mol. The molecule has 0 unspecified atom stereocenters. The third-order valence-electron chi connectivity index (χ3n) is 4.22. The minimum absolute atomic E-state index is 0.0502. The first-order valence-electron chi connectivity index (χ1n) is 7.90. The van der Waals surface area contributed by atoms with Gasteiger partial charge in [0.25, 0.3) is 5.91 Å². The van der Waals surface area contributed by atoms with Crippen LogP contribution in [0, 0.1) is 0 Å². The standard InChI is InChI=1S/C19H17N3OS/c23-19(15-2-1-7-20-11-15)22-8-5-14-10-17(4-3-16(14)12-22)21-18-6-9-24-13-18/h1-4,6-7,9-11,13,21H,5,8,12H2. The Balaban J connectivity index is 1.50. The Morgan fingerprint density at radius 2 is 2.12 bits per heavy atom. The van der Waals surface area contributed by atoms with E-state index in [1.165, 1.54) is 11.1 Å². The number of fused-ring (bicyclic) bond motifs is 1. The van der Waals surface area contributed by atoms with Crippen molar-refractivity contribution in [1.29, 1.82) is 0 Å². The van der Waals surface area contributed by atoms with Crippen molar-refractivity contribution in [3.63, 3.8) is 0 Å². The number of nitrogens with zero attached hydrogens (tertiary/aromatic N) is 2. The first-order chi connectivity index (χ1) is 11.8. The predicted octanol–water partition coefficient (Wildman–Crippen LogP) is 4.09. The van der Waals surface area contributed by atoms with Gasteiger partial charge in [-0.1, -0.05) is 6.07 Å². The molecule has 0 fully saturated rings. The van der Waals surface area contributed by atoms with Gasteiger partial charge in [-0.15, -0.1) is 0 Å². The summed E-state index contributed by atoms with van der Waals surface area (Å²) >= 11 is 1.68. The van der Waals surface area contributed by atoms with Crippen LogP contribution in [0.1, 0.15) is 21.5 Å². The first kappa shape index (κ1) is 14.9. The van der Waals surface area contributed by atoms with Crippen LogP contribution >= 0.6 is 11.3 Å². The minimum atomic E-state index is 0.0502. The molecule has 3 heterocycles. The summed E-state index contributed by atoms with van der Waals surface area (Å²) in [6.07, 6.45) is 4.19. The van der Waals surface area contributed by atoms with Crippen molar-refractivity contribution in [3.8, 4) is 0 Å². The maximum absolute atomic E-state index is 12.6. The molecule has 5 heteroatoms. The summed E-state index contributed by atoms with van der Waals surface area (Å²) < 4.78 is 0. The fraction of sp³-hybridized carbons (Fsp3) is 0.158. The van der Waals surface area contributed by atoms with E-state index in [1.54, 1.807) is 29.8 Å². The van der Waals surface area contributed by atoms with Crippen LogP contribution in [0.5, 0.6) is 0 Å². The van der Waals surface area contributed by atoms with Crippen molar-refractivity contribution in [2.45, 2.75) is 13.0 Å². The zero-order valence-corrected chi connectivity index (χ0v) is 13.9. The number of hydrogen-bond donors (Lipinski definition) is 1. The van der Waals surface area contributed by atoms with E-state index in [4.69, 9.17) is 0 Å². The molecule has 0 saturated carbocycles. The molecule has 1 aliphatic heterocycles. The second kappa shape index (κ2) is 6.45. The number of rotatable bonds is 3. The van der Waals surface area contributed by atoms with Gasteiger partial charge in [-0.25, -0.2) is 0 Å². The Labute approximate surface area is 144 Å². The van der Waals surface area contributed by atoms with Crippen molar-refractivity contribution in [2.75, 3.05) is 11.9 Å². The van der Waals surface area contributed by atoms with Crippen LogP contribution in [-0.2, 0) is 13.0 Å². The van der Waals surface area contributed by atoms with E-state index >= 15 is 0 Å². The molecule has 1 aliphatic rings. The molecule has 1 aromatic carbocycles. The lowest BCUT2D eigenvalue weighted by molar-refractivity contribution is 0.0734. The highest BCUT2D eigenvalue weighted by Gasteiger charge is 2.22. The Kier molecular flexibility index (Phi) is 4.01. The lowest BCUT2D eigenvalue weighted by atomic mass is 9.98. The van der Waals surface area contributed by atoms with E-state index in [0.29, 0.717) is 12.1 Å². The molecule has 1 N–H and O–H groups in total. The summed E-state index contributed by atoms with van der Waals surface area (Å²) in [7, 11) is 0. The summed E-state index contributed by atoms with van der Waals surface area (Å²) in [5.41, 5.74) is 5.39.